The van der Waals surface area contributed by atoms with Crippen LogP contribution in [0.4, 0.5) is 0 Å². The Kier molecular flexibility index (Phi) is 5.89. The monoisotopic (exact) mass is 267 g/mol. The number of rotatable bonds is 6. The lowest BCUT2D eigenvalue weighted by Gasteiger charge is -2.23. The molecule has 19 heavy (non-hydrogen) atoms. The second kappa shape index (κ2) is 7.68. The van der Waals surface area contributed by atoms with Crippen LogP contribution in [0.1, 0.15) is 31.9 Å². The third kappa shape index (κ3) is 5.35. The van der Waals surface area contributed by atoms with Crippen LogP contribution in [0.2, 0.25) is 0 Å². The van der Waals surface area contributed by atoms with Gasteiger partial charge in [-0.1, -0.05) is 6.92 Å². The van der Waals surface area contributed by atoms with Crippen molar-refractivity contribution in [2.24, 2.45) is 5.92 Å². The fraction of sp³-hybridized carbons (Fsp3) is 0.733. The molecule has 2 atom stereocenters. The average Bonchev–Trinajstić information content (AvgIpc) is 2.81. The Bertz CT molecular complexity index is 339. The van der Waals surface area contributed by atoms with Gasteiger partial charge in [-0.05, 0) is 50.4 Å². The number of hydrogen-bond acceptors (Lipinski definition) is 4. The highest BCUT2D eigenvalue weighted by molar-refractivity contribution is 4.96. The minimum Gasteiger partial charge on any atom is -0.467 e. The van der Waals surface area contributed by atoms with Crippen LogP contribution >= 0.6 is 0 Å². The number of furan rings is 1. The summed E-state index contributed by atoms with van der Waals surface area (Å²) in [5.74, 6) is 1.62. The van der Waals surface area contributed by atoms with E-state index in [9.17, 15) is 5.11 Å². The van der Waals surface area contributed by atoms with Crippen molar-refractivity contribution in [3.63, 3.8) is 0 Å². The first-order valence-electron chi connectivity index (χ1n) is 7.24. The molecule has 0 aromatic carbocycles. The van der Waals surface area contributed by atoms with E-state index < -0.39 is 6.10 Å². The molecule has 4 heteroatoms. The highest BCUT2D eigenvalue weighted by Gasteiger charge is 2.16. The Morgan fingerprint density at radius 1 is 1.47 bits per heavy atom. The minimum absolute atomic E-state index is 0.368. The maximum absolute atomic E-state index is 9.99. The number of nitrogens with zero attached hydrogens (tertiary/aromatic N) is 1. The standard InChI is InChI=1S/C15H25NO3/c1-13-4-2-7-16(8-6-13)10-14(17)11-18-12-15-5-3-9-19-15/h3,5,9,13-14,17H,2,4,6-8,10-12H2,1H3. The van der Waals surface area contributed by atoms with Gasteiger partial charge in [-0.3, -0.25) is 0 Å². The molecule has 1 fully saturated rings. The van der Waals surface area contributed by atoms with Crippen LogP contribution in [-0.2, 0) is 11.3 Å². The second-order valence-corrected chi connectivity index (χ2v) is 5.58. The first kappa shape index (κ1) is 14.6. The number of β-amino-alcohol motifs (C(OH)–C–C–N with tert-alkyl or cyclic N) is 1. The molecular formula is C15H25NO3. The predicted octanol–water partition coefficient (Wildman–Crippen LogP) is 2.28. The molecule has 1 aromatic rings. The van der Waals surface area contributed by atoms with Crippen molar-refractivity contribution in [1.29, 1.82) is 0 Å². The summed E-state index contributed by atoms with van der Waals surface area (Å²) in [6, 6.07) is 3.72. The lowest BCUT2D eigenvalue weighted by molar-refractivity contribution is 0.00548. The molecule has 1 saturated heterocycles. The molecule has 0 amide bonds. The molecule has 2 rings (SSSR count). The second-order valence-electron chi connectivity index (χ2n) is 5.58. The molecular weight excluding hydrogens is 242 g/mol. The summed E-state index contributed by atoms with van der Waals surface area (Å²) in [5, 5.41) is 9.99. The van der Waals surface area contributed by atoms with Crippen molar-refractivity contribution >= 4 is 0 Å². The van der Waals surface area contributed by atoms with Crippen molar-refractivity contribution in [1.82, 2.24) is 4.90 Å². The van der Waals surface area contributed by atoms with Gasteiger partial charge < -0.3 is 19.2 Å². The molecule has 1 aromatic heterocycles. The molecule has 0 saturated carbocycles. The summed E-state index contributed by atoms with van der Waals surface area (Å²) >= 11 is 0. The van der Waals surface area contributed by atoms with Gasteiger partial charge in [0.2, 0.25) is 0 Å². The quantitative estimate of drug-likeness (QED) is 0.859. The summed E-state index contributed by atoms with van der Waals surface area (Å²) in [6.07, 6.45) is 5.00. The maximum atomic E-state index is 9.99. The van der Waals surface area contributed by atoms with E-state index in [0.717, 1.165) is 24.8 Å². The minimum atomic E-state index is -0.414. The van der Waals surface area contributed by atoms with Crippen molar-refractivity contribution in [2.75, 3.05) is 26.2 Å². The predicted molar refractivity (Wildman–Crippen MR) is 73.8 cm³/mol. The fourth-order valence-corrected chi connectivity index (χ4v) is 2.55. The molecule has 2 unspecified atom stereocenters. The number of aliphatic hydroxyl groups excluding tert-OH is 1. The Morgan fingerprint density at radius 2 is 2.37 bits per heavy atom. The molecule has 1 aliphatic heterocycles. The van der Waals surface area contributed by atoms with Crippen molar-refractivity contribution in [2.45, 2.75) is 38.9 Å². The summed E-state index contributed by atoms with van der Waals surface area (Å²) in [4.78, 5) is 2.35. The van der Waals surface area contributed by atoms with Gasteiger partial charge in [0.1, 0.15) is 12.4 Å². The Morgan fingerprint density at radius 3 is 3.16 bits per heavy atom. The summed E-state index contributed by atoms with van der Waals surface area (Å²) in [7, 11) is 0. The van der Waals surface area contributed by atoms with Crippen LogP contribution < -0.4 is 0 Å². The summed E-state index contributed by atoms with van der Waals surface area (Å²) in [6.45, 7) is 6.01. The van der Waals surface area contributed by atoms with Crippen LogP contribution in [0.15, 0.2) is 22.8 Å². The fourth-order valence-electron chi connectivity index (χ4n) is 2.55. The van der Waals surface area contributed by atoms with Crippen LogP contribution in [0.25, 0.3) is 0 Å². The van der Waals surface area contributed by atoms with Crippen molar-refractivity contribution in [3.05, 3.63) is 24.2 Å². The normalized spacial score (nSPS) is 23.2. The van der Waals surface area contributed by atoms with E-state index in [-0.39, 0.29) is 0 Å². The summed E-state index contributed by atoms with van der Waals surface area (Å²) < 4.78 is 10.6. The van der Waals surface area contributed by atoms with Gasteiger partial charge in [-0.2, -0.15) is 0 Å². The zero-order valence-corrected chi connectivity index (χ0v) is 11.8. The van der Waals surface area contributed by atoms with Crippen LogP contribution in [0.3, 0.4) is 0 Å². The molecule has 0 spiro atoms. The van der Waals surface area contributed by atoms with E-state index in [1.807, 2.05) is 12.1 Å². The van der Waals surface area contributed by atoms with Gasteiger partial charge in [0, 0.05) is 6.54 Å². The van der Waals surface area contributed by atoms with E-state index in [4.69, 9.17) is 9.15 Å². The largest absolute Gasteiger partial charge is 0.467 e. The molecule has 1 aliphatic rings. The molecule has 108 valence electrons. The van der Waals surface area contributed by atoms with Gasteiger partial charge in [-0.25, -0.2) is 0 Å². The zero-order chi connectivity index (χ0) is 13.5. The number of likely N-dealkylation sites (tertiary alicyclic amines) is 1. The Labute approximate surface area is 115 Å². The first-order valence-corrected chi connectivity index (χ1v) is 7.24. The van der Waals surface area contributed by atoms with Gasteiger partial charge >= 0.3 is 0 Å². The molecule has 0 radical (unpaired) electrons. The van der Waals surface area contributed by atoms with E-state index in [1.165, 1.54) is 19.3 Å². The highest BCUT2D eigenvalue weighted by atomic mass is 16.5. The van der Waals surface area contributed by atoms with Gasteiger partial charge in [0.25, 0.3) is 0 Å². The summed E-state index contributed by atoms with van der Waals surface area (Å²) in [5.41, 5.74) is 0. The van der Waals surface area contributed by atoms with E-state index >= 15 is 0 Å². The topological polar surface area (TPSA) is 45.8 Å². The van der Waals surface area contributed by atoms with E-state index in [2.05, 4.69) is 11.8 Å². The van der Waals surface area contributed by atoms with Gasteiger partial charge in [-0.15, -0.1) is 0 Å². The third-order valence-corrected chi connectivity index (χ3v) is 3.71. The Balaban J connectivity index is 1.62. The molecule has 0 aliphatic carbocycles. The zero-order valence-electron chi connectivity index (χ0n) is 11.8. The van der Waals surface area contributed by atoms with Gasteiger partial charge in [0.05, 0.1) is 19.0 Å². The van der Waals surface area contributed by atoms with Gasteiger partial charge in [0.15, 0.2) is 0 Å². The molecule has 1 N–H and O–H groups in total. The van der Waals surface area contributed by atoms with Crippen molar-refractivity contribution < 1.29 is 14.3 Å². The number of hydrogen-bond donors (Lipinski definition) is 1. The van der Waals surface area contributed by atoms with Crippen molar-refractivity contribution in [3.8, 4) is 0 Å². The third-order valence-electron chi connectivity index (χ3n) is 3.71. The van der Waals surface area contributed by atoms with E-state index in [1.54, 1.807) is 6.26 Å². The molecule has 4 nitrogen and oxygen atoms in total. The van der Waals surface area contributed by atoms with Crippen LogP contribution in [0, 0.1) is 5.92 Å². The number of aliphatic hydroxyl groups is 1. The molecule has 2 heterocycles. The van der Waals surface area contributed by atoms with Crippen LogP contribution in [0.5, 0.6) is 0 Å². The average molecular weight is 267 g/mol. The van der Waals surface area contributed by atoms with Crippen LogP contribution in [-0.4, -0.2) is 42.4 Å². The Hall–Kier alpha value is -0.840. The number of ether oxygens (including phenoxy) is 1. The maximum Gasteiger partial charge on any atom is 0.129 e. The first-order chi connectivity index (χ1) is 9.24. The smallest absolute Gasteiger partial charge is 0.129 e. The highest BCUT2D eigenvalue weighted by Crippen LogP contribution is 2.16. The lowest BCUT2D eigenvalue weighted by Crippen LogP contribution is -2.35. The molecule has 0 bridgehead atoms. The SMILES string of the molecule is CC1CCCN(CC(O)COCc2ccco2)CC1. The lowest BCUT2D eigenvalue weighted by atomic mass is 10.0. The van der Waals surface area contributed by atoms with E-state index in [0.29, 0.717) is 19.8 Å².